The third-order valence-corrected chi connectivity index (χ3v) is 2.61. The van der Waals surface area contributed by atoms with Gasteiger partial charge in [0.15, 0.2) is 0 Å². The zero-order valence-corrected chi connectivity index (χ0v) is 10.8. The lowest BCUT2D eigenvalue weighted by Crippen LogP contribution is -2.22. The molecule has 0 saturated carbocycles. The van der Waals surface area contributed by atoms with Crippen molar-refractivity contribution in [1.29, 1.82) is 0 Å². The minimum atomic E-state index is -4.43. The molecule has 0 aliphatic carbocycles. The average molecular weight is 312 g/mol. The highest BCUT2D eigenvalue weighted by Crippen LogP contribution is 2.35. The van der Waals surface area contributed by atoms with E-state index in [-0.39, 0.29) is 11.7 Å². The first kappa shape index (κ1) is 14.2. The zero-order chi connectivity index (χ0) is 13.1. The minimum absolute atomic E-state index is 0.0848. The van der Waals surface area contributed by atoms with Crippen molar-refractivity contribution in [2.24, 2.45) is 11.7 Å². The van der Waals surface area contributed by atoms with Crippen LogP contribution in [-0.2, 0) is 6.18 Å². The van der Waals surface area contributed by atoms with Gasteiger partial charge in [-0.15, -0.1) is 0 Å². The second-order valence-corrected chi connectivity index (χ2v) is 4.68. The van der Waals surface area contributed by atoms with Crippen LogP contribution in [-0.4, -0.2) is 18.1 Å². The van der Waals surface area contributed by atoms with Crippen LogP contribution in [0.4, 0.5) is 19.0 Å². The molecule has 0 saturated heterocycles. The number of pyridine rings is 1. The number of rotatable bonds is 4. The molecule has 0 aromatic carbocycles. The number of nitrogens with two attached hydrogens (primary N) is 1. The van der Waals surface area contributed by atoms with E-state index in [0.29, 0.717) is 17.6 Å². The van der Waals surface area contributed by atoms with Gasteiger partial charge in [0, 0.05) is 17.2 Å². The SMILES string of the molecule is CC(CN)CNc1ncc(Br)cc1C(F)(F)F. The van der Waals surface area contributed by atoms with Crippen molar-refractivity contribution in [3.8, 4) is 0 Å². The molecule has 17 heavy (non-hydrogen) atoms. The Morgan fingerprint density at radius 3 is 2.71 bits per heavy atom. The molecular formula is C10H13BrF3N3. The van der Waals surface area contributed by atoms with Crippen LogP contribution in [0.3, 0.4) is 0 Å². The van der Waals surface area contributed by atoms with Crippen molar-refractivity contribution in [2.75, 3.05) is 18.4 Å². The molecule has 1 aromatic rings. The van der Waals surface area contributed by atoms with Gasteiger partial charge in [-0.2, -0.15) is 13.2 Å². The van der Waals surface area contributed by atoms with Crippen LogP contribution in [0.5, 0.6) is 0 Å². The molecular weight excluding hydrogens is 299 g/mol. The van der Waals surface area contributed by atoms with Gasteiger partial charge in [-0.1, -0.05) is 6.92 Å². The summed E-state index contributed by atoms with van der Waals surface area (Å²) < 4.78 is 38.4. The van der Waals surface area contributed by atoms with E-state index < -0.39 is 11.7 Å². The summed E-state index contributed by atoms with van der Waals surface area (Å²) >= 11 is 2.97. The van der Waals surface area contributed by atoms with Gasteiger partial charge < -0.3 is 11.1 Å². The Morgan fingerprint density at radius 1 is 1.53 bits per heavy atom. The van der Waals surface area contributed by atoms with Gasteiger partial charge in [-0.25, -0.2) is 4.98 Å². The molecule has 0 bridgehead atoms. The Labute approximate surface area is 106 Å². The summed E-state index contributed by atoms with van der Waals surface area (Å²) in [5, 5.41) is 2.67. The first-order chi connectivity index (χ1) is 7.84. The molecule has 1 unspecified atom stereocenters. The van der Waals surface area contributed by atoms with E-state index in [0.717, 1.165) is 6.07 Å². The summed E-state index contributed by atoms with van der Waals surface area (Å²) in [6.07, 6.45) is -3.10. The fourth-order valence-corrected chi connectivity index (χ4v) is 1.48. The fourth-order valence-electron chi connectivity index (χ4n) is 1.15. The van der Waals surface area contributed by atoms with Crippen molar-refractivity contribution in [3.05, 3.63) is 22.3 Å². The highest BCUT2D eigenvalue weighted by molar-refractivity contribution is 9.10. The summed E-state index contributed by atoms with van der Waals surface area (Å²) in [5.74, 6) is -0.0810. The lowest BCUT2D eigenvalue weighted by molar-refractivity contribution is -0.137. The summed E-state index contributed by atoms with van der Waals surface area (Å²) in [7, 11) is 0. The van der Waals surface area contributed by atoms with Crippen LogP contribution >= 0.6 is 15.9 Å². The minimum Gasteiger partial charge on any atom is -0.369 e. The molecule has 1 atom stereocenters. The van der Waals surface area contributed by atoms with Crippen molar-refractivity contribution in [3.63, 3.8) is 0 Å². The van der Waals surface area contributed by atoms with Crippen LogP contribution in [0.25, 0.3) is 0 Å². The predicted octanol–water partition coefficient (Wildman–Crippen LogP) is 2.87. The molecule has 0 fully saturated rings. The second-order valence-electron chi connectivity index (χ2n) is 3.77. The second kappa shape index (κ2) is 5.68. The molecule has 96 valence electrons. The summed E-state index contributed by atoms with van der Waals surface area (Å²) in [6, 6.07) is 1.00. The summed E-state index contributed by atoms with van der Waals surface area (Å²) in [6.45, 7) is 2.61. The predicted molar refractivity (Wildman–Crippen MR) is 63.6 cm³/mol. The van der Waals surface area contributed by atoms with Crippen molar-refractivity contribution >= 4 is 21.7 Å². The third-order valence-electron chi connectivity index (χ3n) is 2.18. The number of aromatic nitrogens is 1. The Hall–Kier alpha value is -0.820. The van der Waals surface area contributed by atoms with Crippen molar-refractivity contribution < 1.29 is 13.2 Å². The normalized spacial score (nSPS) is 13.5. The smallest absolute Gasteiger partial charge is 0.369 e. The number of nitrogens with zero attached hydrogens (tertiary/aromatic N) is 1. The van der Waals surface area contributed by atoms with Crippen LogP contribution in [0.2, 0.25) is 0 Å². The number of hydrogen-bond acceptors (Lipinski definition) is 3. The molecule has 3 nitrogen and oxygen atoms in total. The van der Waals surface area contributed by atoms with E-state index in [9.17, 15) is 13.2 Å². The summed E-state index contributed by atoms with van der Waals surface area (Å²) in [4.78, 5) is 3.73. The molecule has 0 spiro atoms. The monoisotopic (exact) mass is 311 g/mol. The topological polar surface area (TPSA) is 50.9 Å². The Balaban J connectivity index is 2.91. The largest absolute Gasteiger partial charge is 0.419 e. The number of halogens is 4. The standard InChI is InChI=1S/C10H13BrF3N3/c1-6(3-15)4-16-9-8(10(12,13)14)2-7(11)5-17-9/h2,5-6H,3-4,15H2,1H3,(H,16,17). The third kappa shape index (κ3) is 4.16. The van der Waals surface area contributed by atoms with Crippen LogP contribution in [0.1, 0.15) is 12.5 Å². The number of hydrogen-bond donors (Lipinski definition) is 2. The molecule has 0 radical (unpaired) electrons. The van der Waals surface area contributed by atoms with Crippen LogP contribution in [0, 0.1) is 5.92 Å². The molecule has 3 N–H and O–H groups in total. The van der Waals surface area contributed by atoms with E-state index in [1.807, 2.05) is 6.92 Å². The highest BCUT2D eigenvalue weighted by Gasteiger charge is 2.34. The van der Waals surface area contributed by atoms with Crippen LogP contribution < -0.4 is 11.1 Å². The fraction of sp³-hybridized carbons (Fsp3) is 0.500. The lowest BCUT2D eigenvalue weighted by Gasteiger charge is -2.15. The van der Waals surface area contributed by atoms with Crippen LogP contribution in [0.15, 0.2) is 16.7 Å². The molecule has 1 heterocycles. The van der Waals surface area contributed by atoms with Gasteiger partial charge in [0.1, 0.15) is 5.82 Å². The molecule has 0 aliphatic heterocycles. The Bertz CT molecular complexity index is 382. The van der Waals surface area contributed by atoms with Gasteiger partial charge in [0.25, 0.3) is 0 Å². The van der Waals surface area contributed by atoms with E-state index in [2.05, 4.69) is 26.2 Å². The number of alkyl halides is 3. The maximum Gasteiger partial charge on any atom is 0.419 e. The van der Waals surface area contributed by atoms with Gasteiger partial charge in [0.05, 0.1) is 5.56 Å². The molecule has 1 rings (SSSR count). The van der Waals surface area contributed by atoms with Gasteiger partial charge in [-0.05, 0) is 34.5 Å². The van der Waals surface area contributed by atoms with E-state index in [1.165, 1.54) is 6.20 Å². The molecule has 1 aromatic heterocycles. The van der Waals surface area contributed by atoms with Gasteiger partial charge >= 0.3 is 6.18 Å². The van der Waals surface area contributed by atoms with Gasteiger partial charge in [-0.3, -0.25) is 0 Å². The number of nitrogens with one attached hydrogen (secondary N) is 1. The van der Waals surface area contributed by atoms with Crippen molar-refractivity contribution in [2.45, 2.75) is 13.1 Å². The maximum absolute atomic E-state index is 12.7. The Kier molecular flexibility index (Phi) is 4.76. The molecule has 7 heteroatoms. The zero-order valence-electron chi connectivity index (χ0n) is 9.18. The Morgan fingerprint density at radius 2 is 2.18 bits per heavy atom. The molecule has 0 aliphatic rings. The number of anilines is 1. The average Bonchev–Trinajstić information content (AvgIpc) is 2.25. The van der Waals surface area contributed by atoms with Crippen molar-refractivity contribution in [1.82, 2.24) is 4.98 Å². The quantitative estimate of drug-likeness (QED) is 0.899. The van der Waals surface area contributed by atoms with E-state index >= 15 is 0 Å². The lowest BCUT2D eigenvalue weighted by atomic mass is 10.2. The first-order valence-electron chi connectivity index (χ1n) is 5.01. The molecule has 0 amide bonds. The van der Waals surface area contributed by atoms with E-state index in [4.69, 9.17) is 5.73 Å². The summed E-state index contributed by atoms with van der Waals surface area (Å²) in [5.41, 5.74) is 4.61. The van der Waals surface area contributed by atoms with Gasteiger partial charge in [0.2, 0.25) is 0 Å². The highest BCUT2D eigenvalue weighted by atomic mass is 79.9. The maximum atomic E-state index is 12.7. The first-order valence-corrected chi connectivity index (χ1v) is 5.80. The van der Waals surface area contributed by atoms with E-state index in [1.54, 1.807) is 0 Å².